The van der Waals surface area contributed by atoms with Crippen LogP contribution in [0, 0.1) is 0 Å². The van der Waals surface area contributed by atoms with Gasteiger partial charge in [0, 0.05) is 26.5 Å². The van der Waals surface area contributed by atoms with Crippen molar-refractivity contribution in [2.24, 2.45) is 14.1 Å². The number of hydrogen-bond donors (Lipinski definition) is 0. The Kier molecular flexibility index (Phi) is 1.46. The summed E-state index contributed by atoms with van der Waals surface area (Å²) in [5.41, 5.74) is 1.83. The molecule has 0 bridgehead atoms. The molecule has 0 fully saturated rings. The average Bonchev–Trinajstić information content (AvgIpc) is 2.58. The van der Waals surface area contributed by atoms with E-state index in [1.165, 1.54) is 0 Å². The Morgan fingerprint density at radius 1 is 1.25 bits per heavy atom. The van der Waals surface area contributed by atoms with E-state index >= 15 is 0 Å². The van der Waals surface area contributed by atoms with Crippen LogP contribution in [0.2, 0.25) is 0 Å². The largest absolute Gasteiger partial charge is 0.340 e. The third-order valence-corrected chi connectivity index (χ3v) is 1.68. The molecule has 0 unspecified atom stereocenters. The van der Waals surface area contributed by atoms with E-state index in [-0.39, 0.29) is 0 Å². The average molecular weight is 162 g/mol. The van der Waals surface area contributed by atoms with E-state index in [1.807, 2.05) is 37.1 Å². The van der Waals surface area contributed by atoms with Crippen LogP contribution in [0.15, 0.2) is 24.8 Å². The van der Waals surface area contributed by atoms with Crippen molar-refractivity contribution < 1.29 is 0 Å². The van der Waals surface area contributed by atoms with Crippen LogP contribution in [-0.4, -0.2) is 19.3 Å². The van der Waals surface area contributed by atoms with E-state index in [2.05, 4.69) is 10.1 Å². The molecule has 0 atom stereocenters. The molecule has 2 rings (SSSR count). The lowest BCUT2D eigenvalue weighted by molar-refractivity contribution is 0.770. The molecule has 0 aliphatic rings. The van der Waals surface area contributed by atoms with E-state index in [0.717, 1.165) is 11.4 Å². The number of aryl methyl sites for hydroxylation is 2. The highest BCUT2D eigenvalue weighted by Crippen LogP contribution is 2.12. The molecule has 4 heteroatoms. The van der Waals surface area contributed by atoms with Crippen molar-refractivity contribution in [1.29, 1.82) is 0 Å². The van der Waals surface area contributed by atoms with Crippen LogP contribution in [0.25, 0.3) is 11.4 Å². The molecule has 2 aromatic rings. The van der Waals surface area contributed by atoms with Gasteiger partial charge in [-0.15, -0.1) is 0 Å². The standard InChI is InChI=1S/C8H10N4/c1-11-5-8(9-6-11)7-3-4-12(2)10-7/h3-6H,1-2H3. The molecule has 62 valence electrons. The fraction of sp³-hybridized carbons (Fsp3) is 0.250. The number of aromatic nitrogens is 4. The molecule has 0 N–H and O–H groups in total. The normalized spacial score (nSPS) is 10.5. The van der Waals surface area contributed by atoms with Crippen molar-refractivity contribution in [2.75, 3.05) is 0 Å². The van der Waals surface area contributed by atoms with Crippen LogP contribution < -0.4 is 0 Å². The number of hydrogen-bond acceptors (Lipinski definition) is 2. The van der Waals surface area contributed by atoms with Crippen LogP contribution in [0.4, 0.5) is 0 Å². The maximum Gasteiger partial charge on any atom is 0.112 e. The maximum atomic E-state index is 4.24. The first-order valence-electron chi connectivity index (χ1n) is 3.74. The monoisotopic (exact) mass is 162 g/mol. The summed E-state index contributed by atoms with van der Waals surface area (Å²) in [6.07, 6.45) is 5.62. The fourth-order valence-electron chi connectivity index (χ4n) is 1.10. The van der Waals surface area contributed by atoms with Gasteiger partial charge in [-0.3, -0.25) is 4.68 Å². The van der Waals surface area contributed by atoms with Gasteiger partial charge in [-0.05, 0) is 6.07 Å². The first kappa shape index (κ1) is 7.09. The highest BCUT2D eigenvalue weighted by atomic mass is 15.3. The zero-order chi connectivity index (χ0) is 8.55. The van der Waals surface area contributed by atoms with Gasteiger partial charge in [0.25, 0.3) is 0 Å². The van der Waals surface area contributed by atoms with Crippen LogP contribution in [-0.2, 0) is 14.1 Å². The van der Waals surface area contributed by atoms with Gasteiger partial charge in [0.2, 0.25) is 0 Å². The molecule has 0 radical (unpaired) electrons. The smallest absolute Gasteiger partial charge is 0.112 e. The zero-order valence-electron chi connectivity index (χ0n) is 7.10. The van der Waals surface area contributed by atoms with Crippen molar-refractivity contribution in [3.8, 4) is 11.4 Å². The van der Waals surface area contributed by atoms with Gasteiger partial charge in [-0.1, -0.05) is 0 Å². The van der Waals surface area contributed by atoms with E-state index in [4.69, 9.17) is 0 Å². The molecule has 0 aliphatic heterocycles. The molecule has 12 heavy (non-hydrogen) atoms. The summed E-state index contributed by atoms with van der Waals surface area (Å²) in [6.45, 7) is 0. The Bertz CT molecular complexity index is 347. The fourth-order valence-corrected chi connectivity index (χ4v) is 1.10. The maximum absolute atomic E-state index is 4.24. The second kappa shape index (κ2) is 2.48. The van der Waals surface area contributed by atoms with Crippen LogP contribution >= 0.6 is 0 Å². The Balaban J connectivity index is 2.43. The van der Waals surface area contributed by atoms with E-state index < -0.39 is 0 Å². The minimum absolute atomic E-state index is 0.915. The minimum atomic E-state index is 0.915. The first-order chi connectivity index (χ1) is 5.75. The summed E-state index contributed by atoms with van der Waals surface area (Å²) in [6, 6.07) is 1.95. The highest BCUT2D eigenvalue weighted by Gasteiger charge is 2.02. The molecular formula is C8H10N4. The lowest BCUT2D eigenvalue weighted by Gasteiger charge is -1.87. The predicted octanol–water partition coefficient (Wildman–Crippen LogP) is 0.821. The van der Waals surface area contributed by atoms with Crippen molar-refractivity contribution in [2.45, 2.75) is 0 Å². The van der Waals surface area contributed by atoms with Gasteiger partial charge in [-0.25, -0.2) is 4.98 Å². The molecule has 0 aliphatic carbocycles. The lowest BCUT2D eigenvalue weighted by Crippen LogP contribution is -1.87. The molecule has 0 amide bonds. The number of nitrogens with zero attached hydrogens (tertiary/aromatic N) is 4. The number of rotatable bonds is 1. The van der Waals surface area contributed by atoms with Crippen molar-refractivity contribution in [3.63, 3.8) is 0 Å². The van der Waals surface area contributed by atoms with Crippen molar-refractivity contribution >= 4 is 0 Å². The van der Waals surface area contributed by atoms with Gasteiger partial charge < -0.3 is 4.57 Å². The summed E-state index contributed by atoms with van der Waals surface area (Å²) in [5, 5.41) is 4.24. The molecule has 0 aromatic carbocycles. The lowest BCUT2D eigenvalue weighted by atomic mass is 10.3. The van der Waals surface area contributed by atoms with E-state index in [1.54, 1.807) is 11.0 Å². The predicted molar refractivity (Wildman–Crippen MR) is 45.4 cm³/mol. The van der Waals surface area contributed by atoms with Crippen LogP contribution in [0.1, 0.15) is 0 Å². The molecule has 2 heterocycles. The second-order valence-electron chi connectivity index (χ2n) is 2.80. The van der Waals surface area contributed by atoms with E-state index in [9.17, 15) is 0 Å². The molecule has 0 spiro atoms. The van der Waals surface area contributed by atoms with Gasteiger partial charge >= 0.3 is 0 Å². The Labute approximate surface area is 70.5 Å². The Morgan fingerprint density at radius 3 is 2.58 bits per heavy atom. The summed E-state index contributed by atoms with van der Waals surface area (Å²) < 4.78 is 3.67. The Hall–Kier alpha value is -1.58. The summed E-state index contributed by atoms with van der Waals surface area (Å²) in [4.78, 5) is 4.19. The SMILES string of the molecule is Cn1cnc(-c2ccn(C)n2)c1. The van der Waals surface area contributed by atoms with Crippen molar-refractivity contribution in [3.05, 3.63) is 24.8 Å². The van der Waals surface area contributed by atoms with Crippen LogP contribution in [0.3, 0.4) is 0 Å². The topological polar surface area (TPSA) is 35.6 Å². The molecule has 0 saturated carbocycles. The number of imidazole rings is 1. The van der Waals surface area contributed by atoms with Gasteiger partial charge in [0.15, 0.2) is 0 Å². The summed E-state index contributed by atoms with van der Waals surface area (Å²) >= 11 is 0. The van der Waals surface area contributed by atoms with Gasteiger partial charge in [0.1, 0.15) is 11.4 Å². The summed E-state index contributed by atoms with van der Waals surface area (Å²) in [7, 11) is 3.84. The van der Waals surface area contributed by atoms with E-state index in [0.29, 0.717) is 0 Å². The molecular weight excluding hydrogens is 152 g/mol. The zero-order valence-corrected chi connectivity index (χ0v) is 7.10. The van der Waals surface area contributed by atoms with Crippen molar-refractivity contribution in [1.82, 2.24) is 19.3 Å². The summed E-state index contributed by atoms with van der Waals surface area (Å²) in [5.74, 6) is 0. The van der Waals surface area contributed by atoms with Gasteiger partial charge in [0.05, 0.1) is 6.33 Å². The quantitative estimate of drug-likeness (QED) is 0.622. The molecule has 4 nitrogen and oxygen atoms in total. The Morgan fingerprint density at radius 2 is 2.08 bits per heavy atom. The molecule has 0 saturated heterocycles. The van der Waals surface area contributed by atoms with Crippen LogP contribution in [0.5, 0.6) is 0 Å². The molecule has 2 aromatic heterocycles. The first-order valence-corrected chi connectivity index (χ1v) is 3.74. The third kappa shape index (κ3) is 1.11. The highest BCUT2D eigenvalue weighted by molar-refractivity contribution is 5.51. The van der Waals surface area contributed by atoms with Gasteiger partial charge in [-0.2, -0.15) is 5.10 Å². The third-order valence-electron chi connectivity index (χ3n) is 1.68. The minimum Gasteiger partial charge on any atom is -0.340 e. The second-order valence-corrected chi connectivity index (χ2v) is 2.80.